The van der Waals surface area contributed by atoms with Crippen molar-refractivity contribution in [3.63, 3.8) is 0 Å². The molecule has 2 N–H and O–H groups in total. The number of anilines is 4. The zero-order valence-corrected chi connectivity index (χ0v) is 13.8. The molecule has 0 amide bonds. The van der Waals surface area contributed by atoms with E-state index in [1.54, 1.807) is 42.5 Å². The quantitative estimate of drug-likeness (QED) is 0.678. The second kappa shape index (κ2) is 7.72. The highest BCUT2D eigenvalue weighted by atomic mass is 16.5. The molecule has 0 radical (unpaired) electrons. The van der Waals surface area contributed by atoms with Crippen LogP contribution >= 0.6 is 0 Å². The van der Waals surface area contributed by atoms with E-state index in [9.17, 15) is 4.79 Å². The maximum atomic E-state index is 11.8. The zero-order valence-electron chi connectivity index (χ0n) is 13.8. The number of hydrogen-bond acceptors (Lipinski definition) is 8. The highest BCUT2D eigenvalue weighted by molar-refractivity contribution is 5.96. The molecule has 1 aromatic heterocycles. The molecule has 1 heterocycles. The standard InChI is InChI=1S/C18H14N6O2/c1-26-17(25)13-7-3-5-9-15(13)22-18-23-16(11-20-24-18)21-14-8-4-2-6-12(14)10-19/h2-9,11H,1H3,(H2,21,22,23,24). The summed E-state index contributed by atoms with van der Waals surface area (Å²) in [6, 6.07) is 16.0. The molecule has 3 rings (SSSR count). The van der Waals surface area contributed by atoms with Gasteiger partial charge in [-0.3, -0.25) is 0 Å². The van der Waals surface area contributed by atoms with E-state index in [1.807, 2.05) is 6.07 Å². The number of methoxy groups -OCH3 is 1. The molecule has 0 unspecified atom stereocenters. The molecule has 0 bridgehead atoms. The van der Waals surface area contributed by atoms with Crippen LogP contribution in [0.1, 0.15) is 15.9 Å². The molecule has 8 heteroatoms. The molecular weight excluding hydrogens is 332 g/mol. The third kappa shape index (κ3) is 3.73. The topological polar surface area (TPSA) is 113 Å². The summed E-state index contributed by atoms with van der Waals surface area (Å²) in [7, 11) is 1.31. The lowest BCUT2D eigenvalue weighted by molar-refractivity contribution is 0.0602. The van der Waals surface area contributed by atoms with Crippen molar-refractivity contribution >= 4 is 29.1 Å². The van der Waals surface area contributed by atoms with E-state index in [0.717, 1.165) is 0 Å². The summed E-state index contributed by atoms with van der Waals surface area (Å²) in [6.45, 7) is 0. The number of carbonyl (C=O) groups excluding carboxylic acids is 1. The van der Waals surface area contributed by atoms with E-state index in [0.29, 0.717) is 28.3 Å². The molecule has 0 atom stereocenters. The number of rotatable bonds is 5. The fourth-order valence-corrected chi connectivity index (χ4v) is 2.24. The minimum absolute atomic E-state index is 0.195. The van der Waals surface area contributed by atoms with Gasteiger partial charge in [0.05, 0.1) is 35.8 Å². The van der Waals surface area contributed by atoms with Gasteiger partial charge in [0.2, 0.25) is 5.95 Å². The smallest absolute Gasteiger partial charge is 0.339 e. The van der Waals surface area contributed by atoms with Crippen LogP contribution in [0.3, 0.4) is 0 Å². The van der Waals surface area contributed by atoms with Gasteiger partial charge >= 0.3 is 5.97 Å². The first-order valence-corrected chi connectivity index (χ1v) is 7.61. The Morgan fingerprint density at radius 3 is 2.58 bits per heavy atom. The molecule has 0 aliphatic carbocycles. The summed E-state index contributed by atoms with van der Waals surface area (Å²) < 4.78 is 4.76. The maximum absolute atomic E-state index is 11.8. The average molecular weight is 346 g/mol. The number of nitrogens with one attached hydrogen (secondary N) is 2. The molecule has 0 fully saturated rings. The van der Waals surface area contributed by atoms with Gasteiger partial charge in [0.1, 0.15) is 6.07 Å². The molecule has 2 aromatic carbocycles. The van der Waals surface area contributed by atoms with Crippen LogP contribution in [0.5, 0.6) is 0 Å². The van der Waals surface area contributed by atoms with Crippen molar-refractivity contribution < 1.29 is 9.53 Å². The Morgan fingerprint density at radius 1 is 1.08 bits per heavy atom. The lowest BCUT2D eigenvalue weighted by atomic mass is 10.2. The van der Waals surface area contributed by atoms with Crippen LogP contribution in [-0.2, 0) is 4.74 Å². The van der Waals surface area contributed by atoms with Crippen molar-refractivity contribution in [2.75, 3.05) is 17.7 Å². The van der Waals surface area contributed by atoms with Gasteiger partial charge in [-0.1, -0.05) is 24.3 Å². The van der Waals surface area contributed by atoms with Crippen molar-refractivity contribution in [1.82, 2.24) is 15.2 Å². The van der Waals surface area contributed by atoms with Crippen molar-refractivity contribution in [2.24, 2.45) is 0 Å². The Hall–Kier alpha value is -3.99. The van der Waals surface area contributed by atoms with Gasteiger partial charge in [0.15, 0.2) is 5.82 Å². The van der Waals surface area contributed by atoms with Crippen molar-refractivity contribution in [1.29, 1.82) is 5.26 Å². The number of ether oxygens (including phenoxy) is 1. The molecular formula is C18H14N6O2. The predicted molar refractivity (Wildman–Crippen MR) is 95.3 cm³/mol. The number of nitrogens with zero attached hydrogens (tertiary/aromatic N) is 4. The summed E-state index contributed by atoms with van der Waals surface area (Å²) >= 11 is 0. The lowest BCUT2D eigenvalue weighted by Gasteiger charge is -2.10. The van der Waals surface area contributed by atoms with Gasteiger partial charge in [0, 0.05) is 0 Å². The van der Waals surface area contributed by atoms with Gasteiger partial charge in [-0.25, -0.2) is 4.79 Å². The largest absolute Gasteiger partial charge is 0.465 e. The summed E-state index contributed by atoms with van der Waals surface area (Å²) in [5.41, 5.74) is 1.94. The Morgan fingerprint density at radius 2 is 1.81 bits per heavy atom. The fraction of sp³-hybridized carbons (Fsp3) is 0.0556. The SMILES string of the molecule is COC(=O)c1ccccc1Nc1nncc(Nc2ccccc2C#N)n1. The van der Waals surface area contributed by atoms with E-state index in [2.05, 4.69) is 31.9 Å². The highest BCUT2D eigenvalue weighted by Crippen LogP contribution is 2.21. The van der Waals surface area contributed by atoms with E-state index in [4.69, 9.17) is 10.00 Å². The average Bonchev–Trinajstić information content (AvgIpc) is 2.68. The minimum atomic E-state index is -0.474. The number of carbonyl (C=O) groups is 1. The van der Waals surface area contributed by atoms with Crippen LogP contribution in [0.15, 0.2) is 54.7 Å². The van der Waals surface area contributed by atoms with E-state index in [-0.39, 0.29) is 5.95 Å². The first-order chi connectivity index (χ1) is 12.7. The summed E-state index contributed by atoms with van der Waals surface area (Å²) in [5.74, 6) is 0.125. The Balaban J connectivity index is 1.85. The second-order valence-corrected chi connectivity index (χ2v) is 5.11. The van der Waals surface area contributed by atoms with Crippen LogP contribution in [0.2, 0.25) is 0 Å². The third-order valence-corrected chi connectivity index (χ3v) is 3.45. The number of benzene rings is 2. The molecule has 0 aliphatic heterocycles. The highest BCUT2D eigenvalue weighted by Gasteiger charge is 2.12. The summed E-state index contributed by atoms with van der Waals surface area (Å²) in [4.78, 5) is 16.1. The fourth-order valence-electron chi connectivity index (χ4n) is 2.24. The van der Waals surface area contributed by atoms with E-state index >= 15 is 0 Å². The minimum Gasteiger partial charge on any atom is -0.465 e. The number of esters is 1. The zero-order chi connectivity index (χ0) is 18.4. The van der Waals surface area contributed by atoms with Gasteiger partial charge < -0.3 is 15.4 Å². The number of hydrogen-bond donors (Lipinski definition) is 2. The van der Waals surface area contributed by atoms with Crippen molar-refractivity contribution in [3.8, 4) is 6.07 Å². The molecule has 0 spiro atoms. The Labute approximate surface area is 149 Å². The normalized spacial score (nSPS) is 9.85. The summed E-state index contributed by atoms with van der Waals surface area (Å²) in [5, 5.41) is 22.9. The Bertz CT molecular complexity index is 983. The molecule has 0 saturated heterocycles. The molecule has 0 aliphatic rings. The monoisotopic (exact) mass is 346 g/mol. The van der Waals surface area contributed by atoms with Crippen LogP contribution in [0, 0.1) is 11.3 Å². The molecule has 26 heavy (non-hydrogen) atoms. The summed E-state index contributed by atoms with van der Waals surface area (Å²) in [6.07, 6.45) is 1.44. The van der Waals surface area contributed by atoms with Gasteiger partial charge in [-0.05, 0) is 24.3 Å². The first-order valence-electron chi connectivity index (χ1n) is 7.61. The second-order valence-electron chi connectivity index (χ2n) is 5.11. The number of para-hydroxylation sites is 2. The number of nitriles is 1. The van der Waals surface area contributed by atoms with Gasteiger partial charge in [-0.2, -0.15) is 15.3 Å². The van der Waals surface area contributed by atoms with Crippen LogP contribution in [0.4, 0.5) is 23.1 Å². The van der Waals surface area contributed by atoms with Crippen LogP contribution in [0.25, 0.3) is 0 Å². The lowest BCUT2D eigenvalue weighted by Crippen LogP contribution is -2.08. The van der Waals surface area contributed by atoms with Gasteiger partial charge in [-0.15, -0.1) is 5.10 Å². The molecule has 128 valence electrons. The van der Waals surface area contributed by atoms with Crippen molar-refractivity contribution in [2.45, 2.75) is 0 Å². The van der Waals surface area contributed by atoms with E-state index in [1.165, 1.54) is 13.3 Å². The molecule has 3 aromatic rings. The first kappa shape index (κ1) is 16.9. The Kier molecular flexibility index (Phi) is 5.00. The molecule has 8 nitrogen and oxygen atoms in total. The van der Waals surface area contributed by atoms with Crippen LogP contribution < -0.4 is 10.6 Å². The third-order valence-electron chi connectivity index (χ3n) is 3.45. The predicted octanol–water partition coefficient (Wildman–Crippen LogP) is 3.02. The number of aromatic nitrogens is 3. The van der Waals surface area contributed by atoms with Gasteiger partial charge in [0.25, 0.3) is 0 Å². The maximum Gasteiger partial charge on any atom is 0.339 e. The van der Waals surface area contributed by atoms with Crippen molar-refractivity contribution in [3.05, 3.63) is 65.9 Å². The molecule has 0 saturated carbocycles. The van der Waals surface area contributed by atoms with Crippen LogP contribution in [-0.4, -0.2) is 28.3 Å². The van der Waals surface area contributed by atoms with E-state index < -0.39 is 5.97 Å².